The lowest BCUT2D eigenvalue weighted by atomic mass is 9.68. The van der Waals surface area contributed by atoms with Crippen molar-refractivity contribution >= 4 is 0 Å². The molecule has 4 rings (SSSR count). The summed E-state index contributed by atoms with van der Waals surface area (Å²) in [6.45, 7) is 1.69. The van der Waals surface area contributed by atoms with Crippen molar-refractivity contribution in [2.75, 3.05) is 0 Å². The van der Waals surface area contributed by atoms with Gasteiger partial charge in [-0.3, -0.25) is 0 Å². The molecule has 1 aromatic rings. The first-order chi connectivity index (χ1) is 10.5. The Morgan fingerprint density at radius 1 is 1.50 bits per heavy atom. The quantitative estimate of drug-likeness (QED) is 0.804. The van der Waals surface area contributed by atoms with Crippen LogP contribution in [0.2, 0.25) is 0 Å². The molecule has 1 saturated carbocycles. The van der Waals surface area contributed by atoms with Gasteiger partial charge in [-0.2, -0.15) is 5.26 Å². The molecule has 0 unspecified atom stereocenters. The average molecular weight is 296 g/mol. The van der Waals surface area contributed by atoms with Crippen molar-refractivity contribution in [3.8, 4) is 11.8 Å². The lowest BCUT2D eigenvalue weighted by Gasteiger charge is -2.36. The second kappa shape index (κ2) is 4.26. The maximum Gasteiger partial charge on any atom is 0.343 e. The van der Waals surface area contributed by atoms with E-state index in [1.165, 1.54) is 0 Å². The number of rotatable bonds is 1. The van der Waals surface area contributed by atoms with E-state index in [1.54, 1.807) is 13.0 Å². The van der Waals surface area contributed by atoms with Crippen molar-refractivity contribution < 1.29 is 9.15 Å². The molecule has 112 valence electrons. The Balaban J connectivity index is 1.98. The number of nitrogens with two attached hydrogens (primary N) is 1. The molecule has 3 atom stereocenters. The van der Waals surface area contributed by atoms with Gasteiger partial charge in [-0.15, -0.1) is 0 Å². The number of nitrogens with zero attached hydrogens (tertiary/aromatic N) is 1. The van der Waals surface area contributed by atoms with Crippen molar-refractivity contribution in [2.24, 2.45) is 17.1 Å². The van der Waals surface area contributed by atoms with Gasteiger partial charge in [-0.25, -0.2) is 4.79 Å². The highest BCUT2D eigenvalue weighted by molar-refractivity contribution is 5.52. The summed E-state index contributed by atoms with van der Waals surface area (Å²) in [4.78, 5) is 12.4. The van der Waals surface area contributed by atoms with Gasteiger partial charge in [-0.1, -0.05) is 12.2 Å². The van der Waals surface area contributed by atoms with E-state index < -0.39 is 5.63 Å². The molecular weight excluding hydrogens is 280 g/mol. The number of fused-ring (bicyclic) bond motifs is 3. The van der Waals surface area contributed by atoms with Crippen LogP contribution in [0.4, 0.5) is 0 Å². The van der Waals surface area contributed by atoms with E-state index in [0.717, 1.165) is 19.3 Å². The lowest BCUT2D eigenvalue weighted by Crippen LogP contribution is -2.34. The van der Waals surface area contributed by atoms with E-state index in [4.69, 9.17) is 14.9 Å². The van der Waals surface area contributed by atoms with E-state index >= 15 is 0 Å². The Labute approximate surface area is 127 Å². The highest BCUT2D eigenvalue weighted by Crippen LogP contribution is 2.60. The van der Waals surface area contributed by atoms with E-state index in [1.807, 2.05) is 0 Å². The van der Waals surface area contributed by atoms with Crippen molar-refractivity contribution in [2.45, 2.75) is 32.1 Å². The monoisotopic (exact) mass is 296 g/mol. The number of hydrogen-bond donors (Lipinski definition) is 1. The molecule has 5 nitrogen and oxygen atoms in total. The van der Waals surface area contributed by atoms with Crippen molar-refractivity contribution in [3.05, 3.63) is 51.4 Å². The molecule has 2 bridgehead atoms. The van der Waals surface area contributed by atoms with E-state index in [0.29, 0.717) is 28.6 Å². The molecular formula is C17H16N2O3. The van der Waals surface area contributed by atoms with Gasteiger partial charge in [0.2, 0.25) is 5.88 Å². The summed E-state index contributed by atoms with van der Waals surface area (Å²) in [6, 6.07) is 3.83. The highest BCUT2D eigenvalue weighted by atomic mass is 16.5. The number of hydrogen-bond acceptors (Lipinski definition) is 5. The maximum atomic E-state index is 12.4. The van der Waals surface area contributed by atoms with Crippen LogP contribution in [0.5, 0.6) is 5.75 Å². The second-order valence-corrected chi connectivity index (χ2v) is 6.44. The zero-order chi connectivity index (χ0) is 15.5. The summed E-state index contributed by atoms with van der Waals surface area (Å²) < 4.78 is 10.8. The van der Waals surface area contributed by atoms with Gasteiger partial charge in [0.05, 0.1) is 11.1 Å². The van der Waals surface area contributed by atoms with E-state index in [9.17, 15) is 10.1 Å². The predicted molar refractivity (Wildman–Crippen MR) is 78.8 cm³/mol. The fourth-order valence-electron chi connectivity index (χ4n) is 4.24. The van der Waals surface area contributed by atoms with Crippen LogP contribution in [0, 0.1) is 29.6 Å². The Morgan fingerprint density at radius 3 is 2.91 bits per heavy atom. The third-order valence-electron chi connectivity index (χ3n) is 5.15. The van der Waals surface area contributed by atoms with Gasteiger partial charge in [0.25, 0.3) is 0 Å². The second-order valence-electron chi connectivity index (χ2n) is 6.44. The number of nitriles is 1. The Kier molecular flexibility index (Phi) is 2.56. The van der Waals surface area contributed by atoms with Crippen LogP contribution in [0.1, 0.15) is 36.5 Å². The SMILES string of the molecule is Cc1cc2c(c(=O)o1)[C@@H]([C@@]13C=C[C@H](CC1)C3)C(C#N)=C(N)O2. The molecule has 0 radical (unpaired) electrons. The summed E-state index contributed by atoms with van der Waals surface area (Å²) in [7, 11) is 0. The minimum absolute atomic E-state index is 0.100. The molecule has 2 N–H and O–H groups in total. The van der Waals surface area contributed by atoms with Crippen LogP contribution in [-0.2, 0) is 0 Å². The number of ether oxygens (including phenoxy) is 1. The fraction of sp³-hybridized carbons (Fsp3) is 0.412. The van der Waals surface area contributed by atoms with Crippen LogP contribution >= 0.6 is 0 Å². The van der Waals surface area contributed by atoms with Gasteiger partial charge >= 0.3 is 5.63 Å². The minimum Gasteiger partial charge on any atom is -0.440 e. The molecule has 0 saturated heterocycles. The van der Waals surface area contributed by atoms with Crippen molar-refractivity contribution in [1.29, 1.82) is 5.26 Å². The Morgan fingerprint density at radius 2 is 2.32 bits per heavy atom. The molecule has 22 heavy (non-hydrogen) atoms. The van der Waals surface area contributed by atoms with Crippen LogP contribution in [0.25, 0.3) is 0 Å². The molecule has 2 heterocycles. The van der Waals surface area contributed by atoms with Gasteiger partial charge < -0.3 is 14.9 Å². The molecule has 0 aromatic carbocycles. The third-order valence-corrected chi connectivity index (χ3v) is 5.15. The van der Waals surface area contributed by atoms with Crippen LogP contribution < -0.4 is 16.1 Å². The largest absolute Gasteiger partial charge is 0.440 e. The topological polar surface area (TPSA) is 89.2 Å². The summed E-state index contributed by atoms with van der Waals surface area (Å²) in [5, 5.41) is 9.56. The van der Waals surface area contributed by atoms with Gasteiger partial charge in [-0.05, 0) is 32.1 Å². The van der Waals surface area contributed by atoms with Gasteiger partial charge in [0.1, 0.15) is 17.6 Å². The molecule has 2 aliphatic carbocycles. The molecule has 0 amide bonds. The summed E-state index contributed by atoms with van der Waals surface area (Å²) in [5.74, 6) is 1.16. The fourth-order valence-corrected chi connectivity index (χ4v) is 4.24. The molecule has 3 aliphatic rings. The summed E-state index contributed by atoms with van der Waals surface area (Å²) >= 11 is 0. The smallest absolute Gasteiger partial charge is 0.343 e. The Hall–Kier alpha value is -2.48. The first-order valence-electron chi connectivity index (χ1n) is 7.46. The first kappa shape index (κ1) is 13.2. The highest BCUT2D eigenvalue weighted by Gasteiger charge is 2.52. The number of aryl methyl sites for hydroxylation is 1. The normalized spacial score (nSPS) is 31.8. The zero-order valence-electron chi connectivity index (χ0n) is 12.3. The average Bonchev–Trinajstić information content (AvgIpc) is 3.07. The molecule has 0 spiro atoms. The van der Waals surface area contributed by atoms with Crippen LogP contribution in [-0.4, -0.2) is 0 Å². The number of allylic oxidation sites excluding steroid dienone is 3. The Bertz CT molecular complexity index is 827. The van der Waals surface area contributed by atoms with Crippen LogP contribution in [0.15, 0.2) is 38.9 Å². The van der Waals surface area contributed by atoms with Crippen molar-refractivity contribution in [1.82, 2.24) is 0 Å². The van der Waals surface area contributed by atoms with Gasteiger partial charge in [0, 0.05) is 17.4 Å². The van der Waals surface area contributed by atoms with Crippen molar-refractivity contribution in [3.63, 3.8) is 0 Å². The molecule has 1 aromatic heterocycles. The first-order valence-corrected chi connectivity index (χ1v) is 7.46. The molecule has 5 heteroatoms. The van der Waals surface area contributed by atoms with Gasteiger partial charge in [0.15, 0.2) is 0 Å². The summed E-state index contributed by atoms with van der Waals surface area (Å²) in [5.41, 5.74) is 6.09. The molecule has 1 aliphatic heterocycles. The summed E-state index contributed by atoms with van der Waals surface area (Å²) in [6.07, 6.45) is 7.33. The van der Waals surface area contributed by atoms with Crippen LogP contribution in [0.3, 0.4) is 0 Å². The van der Waals surface area contributed by atoms with E-state index in [2.05, 4.69) is 18.2 Å². The lowest BCUT2D eigenvalue weighted by molar-refractivity contribution is 0.292. The zero-order valence-corrected chi connectivity index (χ0v) is 12.3. The minimum atomic E-state index is -0.432. The third kappa shape index (κ3) is 1.61. The molecule has 1 fully saturated rings. The standard InChI is InChI=1S/C17H16N2O3/c1-9-6-12-13(16(20)21-9)14(11(8-18)15(19)22-12)17-4-2-10(7-17)3-5-17/h2,4,6,10,14H,3,5,7,19H2,1H3/t10-,14+,17+/m1/s1. The van der Waals surface area contributed by atoms with E-state index in [-0.39, 0.29) is 17.2 Å². The predicted octanol–water partition coefficient (Wildman–Crippen LogP) is 2.47. The maximum absolute atomic E-state index is 12.4.